The van der Waals surface area contributed by atoms with Crippen LogP contribution in [0.25, 0.3) is 0 Å². The van der Waals surface area contributed by atoms with Gasteiger partial charge in [0, 0.05) is 23.6 Å². The monoisotopic (exact) mass is 310 g/mol. The molecular weight excluding hydrogens is 288 g/mol. The van der Waals surface area contributed by atoms with Crippen molar-refractivity contribution in [2.24, 2.45) is 0 Å². The Labute approximate surface area is 119 Å². The molecule has 1 unspecified atom stereocenters. The minimum absolute atomic E-state index is 0.559. The molecule has 1 aliphatic carbocycles. The fourth-order valence-corrected chi connectivity index (χ4v) is 3.14. The Bertz CT molecular complexity index is 388. The lowest BCUT2D eigenvalue weighted by Crippen LogP contribution is -2.33. The Kier molecular flexibility index (Phi) is 5.22. The van der Waals surface area contributed by atoms with E-state index >= 15 is 0 Å². The van der Waals surface area contributed by atoms with Gasteiger partial charge in [-0.15, -0.1) is 0 Å². The van der Waals surface area contributed by atoms with Gasteiger partial charge in [0.25, 0.3) is 0 Å². The molecule has 1 aromatic carbocycles. The van der Waals surface area contributed by atoms with E-state index in [9.17, 15) is 0 Å². The van der Waals surface area contributed by atoms with Crippen molar-refractivity contribution in [2.45, 2.75) is 32.7 Å². The third-order valence-corrected chi connectivity index (χ3v) is 4.39. The van der Waals surface area contributed by atoms with Gasteiger partial charge in [-0.1, -0.05) is 35.8 Å². The van der Waals surface area contributed by atoms with Crippen LogP contribution in [0.3, 0.4) is 0 Å². The number of hydrogen-bond donors (Lipinski definition) is 1. The van der Waals surface area contributed by atoms with E-state index in [0.29, 0.717) is 6.04 Å². The zero-order valence-corrected chi connectivity index (χ0v) is 13.0. The molecule has 0 radical (unpaired) electrons. The fraction of sp³-hybridized carbons (Fsp3) is 0.600. The van der Waals surface area contributed by atoms with Crippen LogP contribution in [0, 0.1) is 0 Å². The molecule has 1 aromatic rings. The second-order valence-corrected chi connectivity index (χ2v) is 5.83. The summed E-state index contributed by atoms with van der Waals surface area (Å²) in [5, 5.41) is 3.70. The summed E-state index contributed by atoms with van der Waals surface area (Å²) in [5.74, 6) is 0. The molecule has 1 N–H and O–H groups in total. The van der Waals surface area contributed by atoms with Crippen LogP contribution < -0.4 is 5.32 Å². The normalized spacial score (nSPS) is 18.3. The molecule has 2 nitrogen and oxygen atoms in total. The molecule has 0 saturated heterocycles. The van der Waals surface area contributed by atoms with Crippen molar-refractivity contribution >= 4 is 15.9 Å². The van der Waals surface area contributed by atoms with Crippen LogP contribution in [0.4, 0.5) is 0 Å². The molecule has 0 aliphatic heterocycles. The Morgan fingerprint density at radius 1 is 1.33 bits per heavy atom. The maximum Gasteiger partial charge on any atom is 0.0326 e. The van der Waals surface area contributed by atoms with Crippen molar-refractivity contribution in [3.8, 4) is 0 Å². The maximum atomic E-state index is 3.70. The van der Waals surface area contributed by atoms with E-state index in [4.69, 9.17) is 0 Å². The first-order chi connectivity index (χ1) is 8.74. The van der Waals surface area contributed by atoms with Crippen LogP contribution in [0.1, 0.15) is 37.4 Å². The van der Waals surface area contributed by atoms with Gasteiger partial charge in [0.1, 0.15) is 0 Å². The summed E-state index contributed by atoms with van der Waals surface area (Å²) in [6, 6.07) is 7.25. The highest BCUT2D eigenvalue weighted by Gasteiger charge is 2.21. The van der Waals surface area contributed by atoms with Crippen LogP contribution in [-0.2, 0) is 6.42 Å². The molecule has 100 valence electrons. The summed E-state index contributed by atoms with van der Waals surface area (Å²) in [7, 11) is 0. The molecule has 0 heterocycles. The minimum Gasteiger partial charge on any atom is -0.309 e. The molecular formula is C15H23BrN2. The van der Waals surface area contributed by atoms with Crippen LogP contribution in [0.5, 0.6) is 0 Å². The van der Waals surface area contributed by atoms with Crippen molar-refractivity contribution in [1.29, 1.82) is 0 Å². The zero-order chi connectivity index (χ0) is 13.0. The SMILES string of the molecule is CCN(CC)CCNC1CCc2cc(Br)ccc21. The Balaban J connectivity index is 1.86. The largest absolute Gasteiger partial charge is 0.309 e. The average molecular weight is 311 g/mol. The van der Waals surface area contributed by atoms with Crippen LogP contribution >= 0.6 is 15.9 Å². The smallest absolute Gasteiger partial charge is 0.0326 e. The number of halogens is 1. The third kappa shape index (κ3) is 3.34. The summed E-state index contributed by atoms with van der Waals surface area (Å²) < 4.78 is 1.20. The van der Waals surface area contributed by atoms with E-state index < -0.39 is 0 Å². The van der Waals surface area contributed by atoms with Gasteiger partial charge in [-0.2, -0.15) is 0 Å². The van der Waals surface area contributed by atoms with Gasteiger partial charge in [0.05, 0.1) is 0 Å². The van der Waals surface area contributed by atoms with Crippen LogP contribution in [0.15, 0.2) is 22.7 Å². The Morgan fingerprint density at radius 2 is 2.11 bits per heavy atom. The minimum atomic E-state index is 0.559. The van der Waals surface area contributed by atoms with Gasteiger partial charge < -0.3 is 10.2 Å². The fourth-order valence-electron chi connectivity index (χ4n) is 2.73. The van der Waals surface area contributed by atoms with Crippen molar-refractivity contribution in [2.75, 3.05) is 26.2 Å². The van der Waals surface area contributed by atoms with Gasteiger partial charge in [-0.05, 0) is 49.2 Å². The summed E-state index contributed by atoms with van der Waals surface area (Å²) in [6.07, 6.45) is 2.45. The van der Waals surface area contributed by atoms with Gasteiger partial charge in [0.2, 0.25) is 0 Å². The van der Waals surface area contributed by atoms with Gasteiger partial charge in [-0.25, -0.2) is 0 Å². The molecule has 0 amide bonds. The van der Waals surface area contributed by atoms with Crippen molar-refractivity contribution in [3.05, 3.63) is 33.8 Å². The number of likely N-dealkylation sites (N-methyl/N-ethyl adjacent to an activating group) is 1. The molecule has 0 saturated carbocycles. The molecule has 2 rings (SSSR count). The lowest BCUT2D eigenvalue weighted by atomic mass is 10.1. The van der Waals surface area contributed by atoms with Gasteiger partial charge in [0.15, 0.2) is 0 Å². The first-order valence-corrected chi connectivity index (χ1v) is 7.78. The molecule has 3 heteroatoms. The number of rotatable bonds is 6. The second-order valence-electron chi connectivity index (χ2n) is 4.92. The summed E-state index contributed by atoms with van der Waals surface area (Å²) in [4.78, 5) is 2.46. The van der Waals surface area contributed by atoms with E-state index in [-0.39, 0.29) is 0 Å². The Hall–Kier alpha value is -0.380. The highest BCUT2D eigenvalue weighted by Crippen LogP contribution is 2.32. The quantitative estimate of drug-likeness (QED) is 0.866. The van der Waals surface area contributed by atoms with E-state index in [1.165, 1.54) is 28.4 Å². The first kappa shape index (κ1) is 14.0. The summed E-state index contributed by atoms with van der Waals surface area (Å²) in [5.41, 5.74) is 3.00. The van der Waals surface area contributed by atoms with Crippen LogP contribution in [-0.4, -0.2) is 31.1 Å². The molecule has 1 aliphatic rings. The summed E-state index contributed by atoms with van der Waals surface area (Å²) >= 11 is 3.55. The van der Waals surface area contributed by atoms with Gasteiger partial charge in [-0.3, -0.25) is 0 Å². The first-order valence-electron chi connectivity index (χ1n) is 6.98. The Morgan fingerprint density at radius 3 is 2.83 bits per heavy atom. The molecule has 18 heavy (non-hydrogen) atoms. The molecule has 1 atom stereocenters. The number of nitrogens with one attached hydrogen (secondary N) is 1. The van der Waals surface area contributed by atoms with Crippen molar-refractivity contribution in [1.82, 2.24) is 10.2 Å². The zero-order valence-electron chi connectivity index (χ0n) is 11.4. The van der Waals surface area contributed by atoms with Crippen molar-refractivity contribution in [3.63, 3.8) is 0 Å². The lowest BCUT2D eigenvalue weighted by Gasteiger charge is -2.20. The lowest BCUT2D eigenvalue weighted by molar-refractivity contribution is 0.296. The average Bonchev–Trinajstić information content (AvgIpc) is 2.77. The topological polar surface area (TPSA) is 15.3 Å². The standard InChI is InChI=1S/C15H23BrN2/c1-3-18(4-2)10-9-17-15-8-5-12-11-13(16)6-7-14(12)15/h6-7,11,15,17H,3-5,8-10H2,1-2H3. The van der Waals surface area contributed by atoms with E-state index in [1.54, 1.807) is 0 Å². The second kappa shape index (κ2) is 6.69. The molecule has 0 spiro atoms. The molecule has 0 aromatic heterocycles. The number of nitrogens with zero attached hydrogens (tertiary/aromatic N) is 1. The molecule has 0 bridgehead atoms. The maximum absolute atomic E-state index is 3.70. The highest BCUT2D eigenvalue weighted by atomic mass is 79.9. The van der Waals surface area contributed by atoms with Crippen molar-refractivity contribution < 1.29 is 0 Å². The number of fused-ring (bicyclic) bond motifs is 1. The molecule has 0 fully saturated rings. The highest BCUT2D eigenvalue weighted by molar-refractivity contribution is 9.10. The van der Waals surface area contributed by atoms with Gasteiger partial charge >= 0.3 is 0 Å². The van der Waals surface area contributed by atoms with Crippen LogP contribution in [0.2, 0.25) is 0 Å². The number of aryl methyl sites for hydroxylation is 1. The third-order valence-electron chi connectivity index (χ3n) is 3.90. The number of benzene rings is 1. The van der Waals surface area contributed by atoms with E-state index in [1.807, 2.05) is 0 Å². The predicted molar refractivity (Wildman–Crippen MR) is 81.0 cm³/mol. The number of hydrogen-bond acceptors (Lipinski definition) is 2. The predicted octanol–water partition coefficient (Wildman–Crippen LogP) is 3.37. The summed E-state index contributed by atoms with van der Waals surface area (Å²) in [6.45, 7) is 8.98. The van der Waals surface area contributed by atoms with E-state index in [2.05, 4.69) is 58.2 Å². The van der Waals surface area contributed by atoms with E-state index in [0.717, 1.165) is 26.2 Å².